The van der Waals surface area contributed by atoms with Crippen LogP contribution in [0.15, 0.2) is 36.4 Å². The van der Waals surface area contributed by atoms with Crippen molar-refractivity contribution in [3.8, 4) is 22.9 Å². The Kier molecular flexibility index (Phi) is 5.78. The Morgan fingerprint density at radius 1 is 1.07 bits per heavy atom. The minimum atomic E-state index is -0.329. The molecule has 0 aliphatic heterocycles. The van der Waals surface area contributed by atoms with E-state index < -0.39 is 0 Å². The van der Waals surface area contributed by atoms with Crippen LogP contribution in [0, 0.1) is 0 Å². The van der Waals surface area contributed by atoms with Crippen molar-refractivity contribution in [1.29, 1.82) is 0 Å². The van der Waals surface area contributed by atoms with Gasteiger partial charge < -0.3 is 14.8 Å². The number of aromatic nitrogens is 4. The fourth-order valence-corrected chi connectivity index (χ4v) is 2.60. The predicted molar refractivity (Wildman–Crippen MR) is 101 cm³/mol. The minimum absolute atomic E-state index is 0.111. The molecule has 0 spiro atoms. The minimum Gasteiger partial charge on any atom is -0.493 e. The largest absolute Gasteiger partial charge is 0.493 e. The summed E-state index contributed by atoms with van der Waals surface area (Å²) >= 11 is 11.8. The Labute approximate surface area is 165 Å². The molecule has 10 heteroatoms. The number of carbonyl (C=O) groups excluding carboxylic acids is 1. The highest BCUT2D eigenvalue weighted by molar-refractivity contribution is 6.42. The average molecular weight is 408 g/mol. The van der Waals surface area contributed by atoms with Gasteiger partial charge in [0, 0.05) is 11.3 Å². The van der Waals surface area contributed by atoms with Gasteiger partial charge in [-0.05, 0) is 41.6 Å². The second-order valence-corrected chi connectivity index (χ2v) is 6.20. The number of halogens is 2. The van der Waals surface area contributed by atoms with Crippen LogP contribution in [-0.4, -0.2) is 40.3 Å². The first-order valence-corrected chi connectivity index (χ1v) is 8.51. The molecule has 0 aliphatic rings. The molecule has 0 fully saturated rings. The number of ether oxygens (including phenoxy) is 2. The number of nitrogens with zero attached hydrogens (tertiary/aromatic N) is 4. The molecule has 0 radical (unpaired) electrons. The van der Waals surface area contributed by atoms with Crippen LogP contribution in [0.5, 0.6) is 11.5 Å². The van der Waals surface area contributed by atoms with Crippen molar-refractivity contribution in [2.75, 3.05) is 19.5 Å². The van der Waals surface area contributed by atoms with E-state index in [1.54, 1.807) is 50.6 Å². The molecular weight excluding hydrogens is 393 g/mol. The molecule has 1 aromatic heterocycles. The third-order valence-electron chi connectivity index (χ3n) is 3.58. The van der Waals surface area contributed by atoms with Gasteiger partial charge in [-0.3, -0.25) is 4.79 Å². The molecule has 140 valence electrons. The summed E-state index contributed by atoms with van der Waals surface area (Å²) in [4.78, 5) is 13.3. The number of tetrazole rings is 1. The second-order valence-electron chi connectivity index (χ2n) is 5.39. The van der Waals surface area contributed by atoms with Crippen molar-refractivity contribution in [2.45, 2.75) is 6.54 Å². The van der Waals surface area contributed by atoms with Crippen LogP contribution >= 0.6 is 23.2 Å². The van der Waals surface area contributed by atoms with Gasteiger partial charge in [-0.1, -0.05) is 23.2 Å². The summed E-state index contributed by atoms with van der Waals surface area (Å²) in [5, 5.41) is 15.5. The van der Waals surface area contributed by atoms with E-state index in [-0.39, 0.29) is 12.5 Å². The first kappa shape index (κ1) is 18.9. The normalized spacial score (nSPS) is 10.5. The molecule has 0 saturated carbocycles. The SMILES string of the molecule is COc1ccc(-c2nnn(CC(=O)Nc3ccc(Cl)c(Cl)c3)n2)cc1OC. The zero-order valence-electron chi connectivity index (χ0n) is 14.4. The zero-order chi connectivity index (χ0) is 19.4. The highest BCUT2D eigenvalue weighted by Gasteiger charge is 2.13. The van der Waals surface area contributed by atoms with Gasteiger partial charge >= 0.3 is 0 Å². The van der Waals surface area contributed by atoms with Gasteiger partial charge in [-0.15, -0.1) is 10.2 Å². The van der Waals surface area contributed by atoms with E-state index in [0.29, 0.717) is 38.6 Å². The Balaban J connectivity index is 1.70. The Hall–Kier alpha value is -2.84. The molecule has 1 heterocycles. The van der Waals surface area contributed by atoms with E-state index in [1.165, 1.54) is 4.80 Å². The number of hydrogen-bond donors (Lipinski definition) is 1. The van der Waals surface area contributed by atoms with Crippen LogP contribution in [0.25, 0.3) is 11.4 Å². The maximum atomic E-state index is 12.2. The van der Waals surface area contributed by atoms with E-state index in [0.717, 1.165) is 0 Å². The summed E-state index contributed by atoms with van der Waals surface area (Å²) in [7, 11) is 3.10. The fourth-order valence-electron chi connectivity index (χ4n) is 2.30. The van der Waals surface area contributed by atoms with E-state index in [2.05, 4.69) is 20.7 Å². The van der Waals surface area contributed by atoms with Gasteiger partial charge in [0.2, 0.25) is 11.7 Å². The second kappa shape index (κ2) is 8.24. The van der Waals surface area contributed by atoms with E-state index in [9.17, 15) is 4.79 Å². The summed E-state index contributed by atoms with van der Waals surface area (Å²) < 4.78 is 10.5. The van der Waals surface area contributed by atoms with Crippen molar-refractivity contribution in [1.82, 2.24) is 20.2 Å². The molecule has 2 aromatic carbocycles. The molecule has 8 nitrogen and oxygen atoms in total. The van der Waals surface area contributed by atoms with Crippen molar-refractivity contribution in [3.63, 3.8) is 0 Å². The molecule has 0 atom stereocenters. The standard InChI is InChI=1S/C17H15Cl2N5O3/c1-26-14-6-3-10(7-15(14)27-2)17-21-23-24(22-17)9-16(25)20-11-4-5-12(18)13(19)8-11/h3-8H,9H2,1-2H3,(H,20,25). The number of methoxy groups -OCH3 is 2. The molecule has 27 heavy (non-hydrogen) atoms. The summed E-state index contributed by atoms with van der Waals surface area (Å²) in [5.41, 5.74) is 1.21. The van der Waals surface area contributed by atoms with Crippen molar-refractivity contribution in [2.24, 2.45) is 0 Å². The topological polar surface area (TPSA) is 91.2 Å². The average Bonchev–Trinajstić information content (AvgIpc) is 3.12. The lowest BCUT2D eigenvalue weighted by atomic mass is 10.2. The number of rotatable bonds is 6. The Morgan fingerprint density at radius 2 is 1.85 bits per heavy atom. The van der Waals surface area contributed by atoms with E-state index in [1.807, 2.05) is 0 Å². The number of anilines is 1. The molecule has 3 aromatic rings. The van der Waals surface area contributed by atoms with Crippen LogP contribution in [0.2, 0.25) is 10.0 Å². The number of hydrogen-bond acceptors (Lipinski definition) is 6. The lowest BCUT2D eigenvalue weighted by Gasteiger charge is -2.07. The molecule has 0 bridgehead atoms. The summed E-state index contributed by atoms with van der Waals surface area (Å²) in [6.45, 7) is -0.111. The predicted octanol–water partition coefficient (Wildman–Crippen LogP) is 3.30. The molecule has 0 unspecified atom stereocenters. The molecule has 3 rings (SSSR count). The number of nitrogens with one attached hydrogen (secondary N) is 1. The van der Waals surface area contributed by atoms with Crippen LogP contribution in [-0.2, 0) is 11.3 Å². The molecule has 1 amide bonds. The summed E-state index contributed by atoms with van der Waals surface area (Å²) in [6, 6.07) is 10.1. The first-order chi connectivity index (χ1) is 13.0. The van der Waals surface area contributed by atoms with Gasteiger partial charge in [-0.25, -0.2) is 0 Å². The maximum absolute atomic E-state index is 12.2. The molecule has 0 aliphatic carbocycles. The number of amides is 1. The van der Waals surface area contributed by atoms with Gasteiger partial charge in [0.25, 0.3) is 0 Å². The lowest BCUT2D eigenvalue weighted by Crippen LogP contribution is -2.20. The zero-order valence-corrected chi connectivity index (χ0v) is 16.0. The van der Waals surface area contributed by atoms with Gasteiger partial charge in [-0.2, -0.15) is 4.80 Å². The maximum Gasteiger partial charge on any atom is 0.248 e. The highest BCUT2D eigenvalue weighted by Crippen LogP contribution is 2.30. The van der Waals surface area contributed by atoms with Gasteiger partial charge in [0.15, 0.2) is 11.5 Å². The summed E-state index contributed by atoms with van der Waals surface area (Å²) in [6.07, 6.45) is 0. The fraction of sp³-hybridized carbons (Fsp3) is 0.176. The van der Waals surface area contributed by atoms with E-state index >= 15 is 0 Å². The van der Waals surface area contributed by atoms with Crippen LogP contribution in [0.4, 0.5) is 5.69 Å². The number of benzene rings is 2. The first-order valence-electron chi connectivity index (χ1n) is 7.75. The van der Waals surface area contributed by atoms with Crippen LogP contribution < -0.4 is 14.8 Å². The van der Waals surface area contributed by atoms with Crippen LogP contribution in [0.3, 0.4) is 0 Å². The van der Waals surface area contributed by atoms with Crippen molar-refractivity contribution in [3.05, 3.63) is 46.4 Å². The highest BCUT2D eigenvalue weighted by atomic mass is 35.5. The Morgan fingerprint density at radius 3 is 2.56 bits per heavy atom. The third-order valence-corrected chi connectivity index (χ3v) is 4.32. The van der Waals surface area contributed by atoms with Crippen molar-refractivity contribution < 1.29 is 14.3 Å². The van der Waals surface area contributed by atoms with Gasteiger partial charge in [0.1, 0.15) is 6.54 Å². The van der Waals surface area contributed by atoms with E-state index in [4.69, 9.17) is 32.7 Å². The molecule has 1 N–H and O–H groups in total. The van der Waals surface area contributed by atoms with Gasteiger partial charge in [0.05, 0.1) is 24.3 Å². The quantitative estimate of drug-likeness (QED) is 0.673. The lowest BCUT2D eigenvalue weighted by molar-refractivity contribution is -0.117. The molecular formula is C17H15Cl2N5O3. The monoisotopic (exact) mass is 407 g/mol. The summed E-state index contributed by atoms with van der Waals surface area (Å²) in [5.74, 6) is 1.17. The number of carbonyl (C=O) groups is 1. The molecule has 0 saturated heterocycles. The third kappa shape index (κ3) is 4.47. The van der Waals surface area contributed by atoms with Crippen molar-refractivity contribution >= 4 is 34.8 Å². The van der Waals surface area contributed by atoms with Crippen LogP contribution in [0.1, 0.15) is 0 Å². The smallest absolute Gasteiger partial charge is 0.248 e. The Bertz CT molecular complexity index is 977.